The van der Waals surface area contributed by atoms with Crippen LogP contribution in [0.25, 0.3) is 11.1 Å². The minimum Gasteiger partial charge on any atom is -0.399 e. The summed E-state index contributed by atoms with van der Waals surface area (Å²) in [5.74, 6) is 0. The molecule has 0 aliphatic carbocycles. The second-order valence-corrected chi connectivity index (χ2v) is 4.11. The van der Waals surface area contributed by atoms with E-state index in [0.29, 0.717) is 6.42 Å². The number of rotatable bonds is 2. The quantitative estimate of drug-likeness (QED) is 0.792. The van der Waals surface area contributed by atoms with E-state index in [1.165, 1.54) is 11.1 Å². The van der Waals surface area contributed by atoms with Gasteiger partial charge < -0.3 is 5.73 Å². The third-order valence-electron chi connectivity index (χ3n) is 2.80. The van der Waals surface area contributed by atoms with Crippen LogP contribution < -0.4 is 5.73 Å². The molecule has 0 aromatic heterocycles. The van der Waals surface area contributed by atoms with Gasteiger partial charge in [0.1, 0.15) is 0 Å². The lowest BCUT2D eigenvalue weighted by Crippen LogP contribution is -1.89. The second-order valence-electron chi connectivity index (χ2n) is 4.11. The molecule has 0 aliphatic rings. The van der Waals surface area contributed by atoms with Crippen molar-refractivity contribution in [2.24, 2.45) is 0 Å². The van der Waals surface area contributed by atoms with Crippen LogP contribution in [0.5, 0.6) is 0 Å². The Morgan fingerprint density at radius 1 is 1.12 bits per heavy atom. The number of benzene rings is 2. The highest BCUT2D eigenvalue weighted by Crippen LogP contribution is 2.25. The maximum absolute atomic E-state index is 8.66. The average Bonchev–Trinajstić information content (AvgIpc) is 2.31. The lowest BCUT2D eigenvalue weighted by atomic mass is 9.97. The lowest BCUT2D eigenvalue weighted by Gasteiger charge is -2.07. The van der Waals surface area contributed by atoms with Gasteiger partial charge in [0, 0.05) is 5.69 Å². The van der Waals surface area contributed by atoms with Crippen LogP contribution in [-0.4, -0.2) is 0 Å². The molecule has 0 unspecified atom stereocenters. The molecular formula is C15H14N2. The molecule has 0 saturated carbocycles. The number of nitrogen functional groups attached to an aromatic ring is 1. The second kappa shape index (κ2) is 4.71. The van der Waals surface area contributed by atoms with Crippen molar-refractivity contribution in [2.75, 3.05) is 5.73 Å². The molecule has 84 valence electrons. The van der Waals surface area contributed by atoms with E-state index >= 15 is 0 Å². The molecule has 2 heteroatoms. The van der Waals surface area contributed by atoms with E-state index in [4.69, 9.17) is 11.0 Å². The number of anilines is 1. The summed E-state index contributed by atoms with van der Waals surface area (Å²) >= 11 is 0. The third kappa shape index (κ3) is 2.46. The monoisotopic (exact) mass is 222 g/mol. The molecule has 2 rings (SSSR count). The van der Waals surface area contributed by atoms with Crippen LogP contribution in [0.15, 0.2) is 42.5 Å². The summed E-state index contributed by atoms with van der Waals surface area (Å²) in [5.41, 5.74) is 11.0. The predicted molar refractivity (Wildman–Crippen MR) is 70.3 cm³/mol. The number of aryl methyl sites for hydroxylation is 1. The molecule has 2 nitrogen and oxygen atoms in total. The van der Waals surface area contributed by atoms with E-state index < -0.39 is 0 Å². The van der Waals surface area contributed by atoms with E-state index in [1.807, 2.05) is 30.3 Å². The Morgan fingerprint density at radius 3 is 2.41 bits per heavy atom. The maximum Gasteiger partial charge on any atom is 0.0669 e. The first-order chi connectivity index (χ1) is 8.20. The number of nitriles is 1. The Morgan fingerprint density at radius 2 is 1.82 bits per heavy atom. The highest BCUT2D eigenvalue weighted by Gasteiger charge is 2.02. The summed E-state index contributed by atoms with van der Waals surface area (Å²) in [5, 5.41) is 8.66. The first kappa shape index (κ1) is 11.2. The molecule has 0 atom stereocenters. The summed E-state index contributed by atoms with van der Waals surface area (Å²) in [4.78, 5) is 0. The number of hydrogen-bond acceptors (Lipinski definition) is 2. The van der Waals surface area contributed by atoms with Crippen LogP contribution in [0.4, 0.5) is 5.69 Å². The molecule has 0 fully saturated rings. The van der Waals surface area contributed by atoms with Gasteiger partial charge in [-0.1, -0.05) is 30.3 Å². The molecule has 0 saturated heterocycles. The van der Waals surface area contributed by atoms with Gasteiger partial charge in [0.15, 0.2) is 0 Å². The summed E-state index contributed by atoms with van der Waals surface area (Å²) < 4.78 is 0. The number of hydrogen-bond donors (Lipinski definition) is 1. The van der Waals surface area contributed by atoms with Crippen LogP contribution in [-0.2, 0) is 6.42 Å². The minimum atomic E-state index is 0.461. The van der Waals surface area contributed by atoms with Gasteiger partial charge in [-0.2, -0.15) is 5.26 Å². The fourth-order valence-electron chi connectivity index (χ4n) is 1.91. The first-order valence-corrected chi connectivity index (χ1v) is 5.53. The van der Waals surface area contributed by atoms with Crippen molar-refractivity contribution in [3.05, 3.63) is 53.6 Å². The van der Waals surface area contributed by atoms with Crippen LogP contribution in [0.1, 0.15) is 11.1 Å². The van der Waals surface area contributed by atoms with E-state index in [0.717, 1.165) is 16.8 Å². The molecule has 0 bridgehead atoms. The van der Waals surface area contributed by atoms with Gasteiger partial charge in [0.05, 0.1) is 12.5 Å². The van der Waals surface area contributed by atoms with Gasteiger partial charge in [-0.15, -0.1) is 0 Å². The van der Waals surface area contributed by atoms with Gasteiger partial charge in [0.25, 0.3) is 0 Å². The average molecular weight is 222 g/mol. The van der Waals surface area contributed by atoms with Crippen molar-refractivity contribution in [3.8, 4) is 17.2 Å². The lowest BCUT2D eigenvalue weighted by molar-refractivity contribution is 1.25. The van der Waals surface area contributed by atoms with Gasteiger partial charge in [-0.3, -0.25) is 0 Å². The molecule has 17 heavy (non-hydrogen) atoms. The summed E-state index contributed by atoms with van der Waals surface area (Å²) in [7, 11) is 0. The molecule has 0 aliphatic heterocycles. The zero-order valence-corrected chi connectivity index (χ0v) is 9.77. The van der Waals surface area contributed by atoms with E-state index in [2.05, 4.69) is 25.1 Å². The van der Waals surface area contributed by atoms with E-state index in [9.17, 15) is 0 Å². The van der Waals surface area contributed by atoms with Gasteiger partial charge in [0.2, 0.25) is 0 Å². The van der Waals surface area contributed by atoms with Gasteiger partial charge >= 0.3 is 0 Å². The number of nitrogens with zero attached hydrogens (tertiary/aromatic N) is 1. The largest absolute Gasteiger partial charge is 0.399 e. The van der Waals surface area contributed by atoms with Crippen molar-refractivity contribution >= 4 is 5.69 Å². The Bertz CT molecular complexity index is 562. The normalized spacial score (nSPS) is 9.88. The van der Waals surface area contributed by atoms with Crippen molar-refractivity contribution in [1.29, 1.82) is 5.26 Å². The Labute approximate surface area is 101 Å². The third-order valence-corrected chi connectivity index (χ3v) is 2.80. The van der Waals surface area contributed by atoms with Gasteiger partial charge in [-0.05, 0) is 41.3 Å². The molecule has 0 radical (unpaired) electrons. The minimum absolute atomic E-state index is 0.461. The molecule has 0 amide bonds. The Hall–Kier alpha value is -2.27. The highest BCUT2D eigenvalue weighted by molar-refractivity contribution is 5.69. The van der Waals surface area contributed by atoms with Crippen LogP contribution in [0, 0.1) is 18.3 Å². The number of nitrogens with two attached hydrogens (primary N) is 1. The highest BCUT2D eigenvalue weighted by atomic mass is 14.5. The Kier molecular flexibility index (Phi) is 3.11. The zero-order chi connectivity index (χ0) is 12.3. The summed E-state index contributed by atoms with van der Waals surface area (Å²) in [6.07, 6.45) is 0.461. The molecule has 2 aromatic carbocycles. The van der Waals surface area contributed by atoms with Crippen LogP contribution >= 0.6 is 0 Å². The molecule has 2 N–H and O–H groups in total. The van der Waals surface area contributed by atoms with Crippen LogP contribution in [0.3, 0.4) is 0 Å². The van der Waals surface area contributed by atoms with E-state index in [-0.39, 0.29) is 0 Å². The molecule has 0 heterocycles. The summed E-state index contributed by atoms with van der Waals surface area (Å²) in [6, 6.07) is 16.1. The summed E-state index contributed by atoms with van der Waals surface area (Å²) in [6.45, 7) is 2.06. The molecule has 0 spiro atoms. The van der Waals surface area contributed by atoms with Gasteiger partial charge in [-0.25, -0.2) is 0 Å². The fraction of sp³-hybridized carbons (Fsp3) is 0.133. The van der Waals surface area contributed by atoms with Crippen molar-refractivity contribution in [3.63, 3.8) is 0 Å². The maximum atomic E-state index is 8.66. The molecular weight excluding hydrogens is 208 g/mol. The van der Waals surface area contributed by atoms with Crippen molar-refractivity contribution in [2.45, 2.75) is 13.3 Å². The van der Waals surface area contributed by atoms with E-state index in [1.54, 1.807) is 0 Å². The molecule has 2 aromatic rings. The van der Waals surface area contributed by atoms with Crippen molar-refractivity contribution < 1.29 is 0 Å². The fourth-order valence-corrected chi connectivity index (χ4v) is 1.91. The van der Waals surface area contributed by atoms with Crippen LogP contribution in [0.2, 0.25) is 0 Å². The SMILES string of the molecule is Cc1cc(CC#N)ccc1-c1ccc(N)cc1. The Balaban J connectivity index is 2.40. The topological polar surface area (TPSA) is 49.8 Å². The smallest absolute Gasteiger partial charge is 0.0669 e. The standard InChI is InChI=1S/C15H14N2/c1-11-10-12(8-9-16)2-7-15(11)13-3-5-14(17)6-4-13/h2-7,10H,8,17H2,1H3. The first-order valence-electron chi connectivity index (χ1n) is 5.53. The predicted octanol–water partition coefficient (Wildman–Crippen LogP) is 3.31. The zero-order valence-electron chi connectivity index (χ0n) is 9.77. The van der Waals surface area contributed by atoms with Crippen molar-refractivity contribution in [1.82, 2.24) is 0 Å².